The summed E-state index contributed by atoms with van der Waals surface area (Å²) in [4.78, 5) is 21.2. The van der Waals surface area contributed by atoms with Gasteiger partial charge in [0.2, 0.25) is 0 Å². The van der Waals surface area contributed by atoms with Crippen LogP contribution in [0.4, 0.5) is 17.2 Å². The first-order chi connectivity index (χ1) is 13.4. The fraction of sp³-hybridized carbons (Fsp3) is 0.182. The van der Waals surface area contributed by atoms with Crippen LogP contribution in [0.25, 0.3) is 0 Å². The Balaban J connectivity index is 1.76. The SMILES string of the molecule is Cc1nc(Nc2ccc(C#N)cc2)cc(C(=O)Nc2ccc(C(C)C)cc2)n1. The second kappa shape index (κ2) is 8.31. The topological polar surface area (TPSA) is 90.7 Å². The lowest BCUT2D eigenvalue weighted by molar-refractivity contribution is 0.102. The molecule has 0 spiro atoms. The standard InChI is InChI=1S/C22H21N5O/c1-14(2)17-6-10-19(11-7-17)27-22(28)20-12-21(25-15(3)24-20)26-18-8-4-16(13-23)5-9-18/h4-12,14H,1-3H3,(H,27,28)(H,24,25,26). The normalized spacial score (nSPS) is 10.4. The number of carbonyl (C=O) groups excluding carboxylic acids is 1. The van der Waals surface area contributed by atoms with Crippen LogP contribution in [0.15, 0.2) is 54.6 Å². The molecule has 0 bridgehead atoms. The Bertz CT molecular complexity index is 1020. The van der Waals surface area contributed by atoms with Crippen molar-refractivity contribution in [3.63, 3.8) is 0 Å². The summed E-state index contributed by atoms with van der Waals surface area (Å²) in [6, 6.07) is 18.5. The number of nitrogens with one attached hydrogen (secondary N) is 2. The summed E-state index contributed by atoms with van der Waals surface area (Å²) in [7, 11) is 0. The number of benzene rings is 2. The van der Waals surface area contributed by atoms with Crippen molar-refractivity contribution < 1.29 is 4.79 Å². The minimum atomic E-state index is -0.300. The lowest BCUT2D eigenvalue weighted by Crippen LogP contribution is -2.15. The first-order valence-corrected chi connectivity index (χ1v) is 8.99. The number of nitriles is 1. The van der Waals surface area contributed by atoms with Crippen molar-refractivity contribution in [3.8, 4) is 6.07 Å². The zero-order valence-corrected chi connectivity index (χ0v) is 16.0. The highest BCUT2D eigenvalue weighted by atomic mass is 16.1. The van der Waals surface area contributed by atoms with Gasteiger partial charge in [0.1, 0.15) is 17.3 Å². The molecule has 0 unspecified atom stereocenters. The van der Waals surface area contributed by atoms with Crippen LogP contribution < -0.4 is 10.6 Å². The summed E-state index contributed by atoms with van der Waals surface area (Å²) in [5.74, 6) is 1.13. The van der Waals surface area contributed by atoms with E-state index in [-0.39, 0.29) is 11.6 Å². The van der Waals surface area contributed by atoms with Crippen molar-refractivity contribution >= 4 is 23.1 Å². The molecule has 0 fully saturated rings. The molecule has 3 aromatic rings. The average molecular weight is 371 g/mol. The third-order valence-corrected chi connectivity index (χ3v) is 4.19. The second-order valence-corrected chi connectivity index (χ2v) is 6.73. The van der Waals surface area contributed by atoms with Gasteiger partial charge in [-0.05, 0) is 54.8 Å². The third-order valence-electron chi connectivity index (χ3n) is 4.19. The van der Waals surface area contributed by atoms with Gasteiger partial charge in [0, 0.05) is 17.4 Å². The van der Waals surface area contributed by atoms with Crippen molar-refractivity contribution in [3.05, 3.63) is 77.2 Å². The molecule has 140 valence electrons. The minimum absolute atomic E-state index is 0.275. The van der Waals surface area contributed by atoms with Crippen LogP contribution >= 0.6 is 0 Å². The summed E-state index contributed by atoms with van der Waals surface area (Å²) in [5, 5.41) is 14.9. The number of amides is 1. The molecule has 0 radical (unpaired) electrons. The lowest BCUT2D eigenvalue weighted by Gasteiger charge is -2.10. The number of aromatic nitrogens is 2. The van der Waals surface area contributed by atoms with Gasteiger partial charge in [-0.3, -0.25) is 4.79 Å². The third kappa shape index (κ3) is 4.71. The molecule has 0 saturated heterocycles. The average Bonchev–Trinajstić information content (AvgIpc) is 2.68. The lowest BCUT2D eigenvalue weighted by atomic mass is 10.0. The van der Waals surface area contributed by atoms with Gasteiger partial charge >= 0.3 is 0 Å². The summed E-state index contributed by atoms with van der Waals surface area (Å²) in [5.41, 5.74) is 3.55. The van der Waals surface area contributed by atoms with E-state index in [2.05, 4.69) is 40.5 Å². The van der Waals surface area contributed by atoms with Gasteiger partial charge < -0.3 is 10.6 Å². The van der Waals surface area contributed by atoms with E-state index in [9.17, 15) is 4.79 Å². The molecular formula is C22H21N5O. The number of hydrogen-bond acceptors (Lipinski definition) is 5. The quantitative estimate of drug-likeness (QED) is 0.674. The van der Waals surface area contributed by atoms with Gasteiger partial charge in [-0.2, -0.15) is 5.26 Å². The Morgan fingerprint density at radius 2 is 1.64 bits per heavy atom. The van der Waals surface area contributed by atoms with Crippen LogP contribution in [0, 0.1) is 18.3 Å². The Labute approximate surface area is 164 Å². The number of anilines is 3. The van der Waals surface area contributed by atoms with Crippen LogP contribution in [0.2, 0.25) is 0 Å². The maximum absolute atomic E-state index is 12.6. The summed E-state index contributed by atoms with van der Waals surface area (Å²) < 4.78 is 0. The summed E-state index contributed by atoms with van der Waals surface area (Å²) in [6.45, 7) is 5.98. The zero-order chi connectivity index (χ0) is 20.1. The Morgan fingerprint density at radius 3 is 2.25 bits per heavy atom. The van der Waals surface area contributed by atoms with Gasteiger partial charge in [-0.25, -0.2) is 9.97 Å². The predicted molar refractivity (Wildman–Crippen MR) is 110 cm³/mol. The molecule has 0 aliphatic carbocycles. The van der Waals surface area contributed by atoms with Crippen LogP contribution in [0.3, 0.4) is 0 Å². The maximum atomic E-state index is 12.6. The molecular weight excluding hydrogens is 350 g/mol. The van der Waals surface area contributed by atoms with E-state index in [4.69, 9.17) is 5.26 Å². The Hall–Kier alpha value is -3.72. The smallest absolute Gasteiger partial charge is 0.274 e. The van der Waals surface area contributed by atoms with E-state index >= 15 is 0 Å². The van der Waals surface area contributed by atoms with Gasteiger partial charge in [-0.15, -0.1) is 0 Å². The van der Waals surface area contributed by atoms with E-state index in [0.717, 1.165) is 5.69 Å². The molecule has 0 saturated carbocycles. The largest absolute Gasteiger partial charge is 0.340 e. The molecule has 3 rings (SSSR count). The Kier molecular flexibility index (Phi) is 5.66. The van der Waals surface area contributed by atoms with Crippen molar-refractivity contribution in [1.29, 1.82) is 5.26 Å². The zero-order valence-electron chi connectivity index (χ0n) is 16.0. The van der Waals surface area contributed by atoms with Gasteiger partial charge in [0.25, 0.3) is 5.91 Å². The number of carbonyl (C=O) groups is 1. The molecule has 0 aliphatic heterocycles. The highest BCUT2D eigenvalue weighted by molar-refractivity contribution is 6.03. The van der Waals surface area contributed by atoms with Crippen LogP contribution in [0.1, 0.15) is 47.2 Å². The van der Waals surface area contributed by atoms with Crippen molar-refractivity contribution in [2.24, 2.45) is 0 Å². The van der Waals surface area contributed by atoms with Crippen LogP contribution in [-0.4, -0.2) is 15.9 Å². The van der Waals surface area contributed by atoms with Crippen molar-refractivity contribution in [1.82, 2.24) is 9.97 Å². The van der Waals surface area contributed by atoms with Crippen LogP contribution in [-0.2, 0) is 0 Å². The molecule has 1 heterocycles. The van der Waals surface area contributed by atoms with Gasteiger partial charge in [-0.1, -0.05) is 26.0 Å². The molecule has 1 amide bonds. The molecule has 2 N–H and O–H groups in total. The van der Waals surface area contributed by atoms with Crippen LogP contribution in [0.5, 0.6) is 0 Å². The molecule has 1 aromatic heterocycles. The minimum Gasteiger partial charge on any atom is -0.340 e. The molecule has 2 aromatic carbocycles. The molecule has 6 nitrogen and oxygen atoms in total. The first kappa shape index (κ1) is 19.1. The predicted octanol–water partition coefficient (Wildman–Crippen LogP) is 4.78. The van der Waals surface area contributed by atoms with Gasteiger partial charge in [0.05, 0.1) is 11.6 Å². The van der Waals surface area contributed by atoms with Crippen molar-refractivity contribution in [2.75, 3.05) is 10.6 Å². The molecule has 28 heavy (non-hydrogen) atoms. The second-order valence-electron chi connectivity index (χ2n) is 6.73. The van der Waals surface area contributed by atoms with Gasteiger partial charge in [0.15, 0.2) is 0 Å². The first-order valence-electron chi connectivity index (χ1n) is 8.99. The van der Waals surface area contributed by atoms with E-state index < -0.39 is 0 Å². The fourth-order valence-corrected chi connectivity index (χ4v) is 2.67. The van der Waals surface area contributed by atoms with E-state index in [0.29, 0.717) is 28.8 Å². The number of hydrogen-bond donors (Lipinski definition) is 2. The summed E-state index contributed by atoms with van der Waals surface area (Å²) >= 11 is 0. The monoisotopic (exact) mass is 371 g/mol. The van der Waals surface area contributed by atoms with E-state index in [1.807, 2.05) is 24.3 Å². The molecule has 6 heteroatoms. The molecule has 0 atom stereocenters. The van der Waals surface area contributed by atoms with Crippen molar-refractivity contribution in [2.45, 2.75) is 26.7 Å². The number of nitrogens with zero attached hydrogens (tertiary/aromatic N) is 3. The number of aryl methyl sites for hydroxylation is 1. The fourth-order valence-electron chi connectivity index (χ4n) is 2.67. The summed E-state index contributed by atoms with van der Waals surface area (Å²) in [6.07, 6.45) is 0. The van der Waals surface area contributed by atoms with E-state index in [1.54, 1.807) is 37.3 Å². The molecule has 0 aliphatic rings. The highest BCUT2D eigenvalue weighted by Gasteiger charge is 2.11. The highest BCUT2D eigenvalue weighted by Crippen LogP contribution is 2.19. The Morgan fingerprint density at radius 1 is 1.00 bits per heavy atom. The van der Waals surface area contributed by atoms with E-state index in [1.165, 1.54) is 5.56 Å². The maximum Gasteiger partial charge on any atom is 0.274 e. The number of rotatable bonds is 5.